The Morgan fingerprint density at radius 2 is 2.32 bits per heavy atom. The zero-order valence-corrected chi connectivity index (χ0v) is 10.7. The van der Waals surface area contributed by atoms with Crippen LogP contribution in [0, 0.1) is 0 Å². The number of carbonyl (C=O) groups excluding carboxylic acids is 1. The summed E-state index contributed by atoms with van der Waals surface area (Å²) in [5.41, 5.74) is 1.16. The van der Waals surface area contributed by atoms with Crippen molar-refractivity contribution < 1.29 is 9.32 Å². The zero-order chi connectivity index (χ0) is 13.2. The first-order valence-electron chi connectivity index (χ1n) is 6.42. The lowest BCUT2D eigenvalue weighted by Crippen LogP contribution is -2.27. The topological polar surface area (TPSA) is 68.0 Å². The van der Waals surface area contributed by atoms with Crippen LogP contribution < -0.4 is 5.32 Å². The van der Waals surface area contributed by atoms with Crippen LogP contribution >= 0.6 is 0 Å². The summed E-state index contributed by atoms with van der Waals surface area (Å²) in [5, 5.41) is 6.68. The maximum Gasteiger partial charge on any atom is 0.273 e. The Morgan fingerprint density at radius 1 is 1.47 bits per heavy atom. The summed E-state index contributed by atoms with van der Waals surface area (Å²) in [6.45, 7) is 1.89. The Hall–Kier alpha value is -2.17. The van der Waals surface area contributed by atoms with E-state index in [2.05, 4.69) is 15.5 Å². The number of amides is 1. The highest BCUT2D eigenvalue weighted by atomic mass is 16.5. The molecule has 1 atom stereocenters. The summed E-state index contributed by atoms with van der Waals surface area (Å²) in [6, 6.07) is 7.19. The summed E-state index contributed by atoms with van der Waals surface area (Å²) in [6.07, 6.45) is 3.96. The maximum absolute atomic E-state index is 12.0. The van der Waals surface area contributed by atoms with E-state index in [0.717, 1.165) is 24.3 Å². The molecule has 2 aromatic heterocycles. The number of nitrogens with zero attached hydrogens (tertiary/aromatic N) is 2. The highest BCUT2D eigenvalue weighted by Gasteiger charge is 2.29. The van der Waals surface area contributed by atoms with Gasteiger partial charge in [0.15, 0.2) is 5.69 Å². The summed E-state index contributed by atoms with van der Waals surface area (Å²) in [7, 11) is 0. The van der Waals surface area contributed by atoms with Crippen molar-refractivity contribution in [2.45, 2.75) is 31.7 Å². The molecule has 1 aliphatic rings. The molecule has 1 N–H and O–H groups in total. The van der Waals surface area contributed by atoms with Crippen LogP contribution in [0.3, 0.4) is 0 Å². The SMILES string of the molecule is CC(NC(=O)c1cc(C2CC2)on1)c1ccccn1. The lowest BCUT2D eigenvalue weighted by Gasteiger charge is -2.11. The second-order valence-corrected chi connectivity index (χ2v) is 4.84. The standard InChI is InChI=1S/C14H15N3O2/c1-9(11-4-2-3-7-15-11)16-14(18)12-8-13(19-17-12)10-5-6-10/h2-4,7-10H,5-6H2,1H3,(H,16,18). The van der Waals surface area contributed by atoms with Gasteiger partial charge in [-0.3, -0.25) is 9.78 Å². The van der Waals surface area contributed by atoms with Crippen molar-refractivity contribution in [1.82, 2.24) is 15.5 Å². The normalized spacial score (nSPS) is 16.1. The third-order valence-electron chi connectivity index (χ3n) is 3.22. The fourth-order valence-corrected chi connectivity index (χ4v) is 1.93. The van der Waals surface area contributed by atoms with Crippen LogP contribution in [-0.2, 0) is 0 Å². The van der Waals surface area contributed by atoms with E-state index >= 15 is 0 Å². The van der Waals surface area contributed by atoms with Gasteiger partial charge in [-0.15, -0.1) is 0 Å². The minimum absolute atomic E-state index is 0.158. The highest BCUT2D eigenvalue weighted by Crippen LogP contribution is 2.40. The van der Waals surface area contributed by atoms with Gasteiger partial charge >= 0.3 is 0 Å². The Morgan fingerprint density at radius 3 is 3.00 bits per heavy atom. The van der Waals surface area contributed by atoms with Gasteiger partial charge in [0.25, 0.3) is 5.91 Å². The van der Waals surface area contributed by atoms with E-state index < -0.39 is 0 Å². The number of pyridine rings is 1. The summed E-state index contributed by atoms with van der Waals surface area (Å²) >= 11 is 0. The van der Waals surface area contributed by atoms with Gasteiger partial charge in [0.1, 0.15) is 5.76 Å². The fourth-order valence-electron chi connectivity index (χ4n) is 1.93. The highest BCUT2D eigenvalue weighted by molar-refractivity contribution is 5.92. The smallest absolute Gasteiger partial charge is 0.273 e. The van der Waals surface area contributed by atoms with Gasteiger partial charge in [-0.25, -0.2) is 0 Å². The van der Waals surface area contributed by atoms with Crippen LogP contribution in [0.15, 0.2) is 35.0 Å². The van der Waals surface area contributed by atoms with Crippen LogP contribution in [-0.4, -0.2) is 16.0 Å². The first-order chi connectivity index (χ1) is 9.24. The van der Waals surface area contributed by atoms with Crippen molar-refractivity contribution in [1.29, 1.82) is 0 Å². The quantitative estimate of drug-likeness (QED) is 0.913. The monoisotopic (exact) mass is 257 g/mol. The van der Waals surface area contributed by atoms with Gasteiger partial charge in [0.2, 0.25) is 0 Å². The number of nitrogens with one attached hydrogen (secondary N) is 1. The van der Waals surface area contributed by atoms with Gasteiger partial charge in [-0.1, -0.05) is 11.2 Å². The van der Waals surface area contributed by atoms with Gasteiger partial charge in [-0.2, -0.15) is 0 Å². The lowest BCUT2D eigenvalue weighted by molar-refractivity contribution is 0.0930. The van der Waals surface area contributed by atoms with E-state index in [4.69, 9.17) is 4.52 Å². The summed E-state index contributed by atoms with van der Waals surface area (Å²) in [5.74, 6) is 1.05. The molecule has 2 aromatic rings. The molecule has 5 heteroatoms. The molecule has 1 amide bonds. The van der Waals surface area contributed by atoms with Crippen molar-refractivity contribution in [3.63, 3.8) is 0 Å². The van der Waals surface area contributed by atoms with E-state index in [1.165, 1.54) is 0 Å². The average molecular weight is 257 g/mol. The molecule has 0 spiro atoms. The Kier molecular flexibility index (Phi) is 3.03. The van der Waals surface area contributed by atoms with Crippen LogP contribution in [0.1, 0.15) is 53.7 Å². The first kappa shape index (κ1) is 11.9. The molecule has 0 radical (unpaired) electrons. The molecule has 1 aliphatic carbocycles. The number of aromatic nitrogens is 2. The van der Waals surface area contributed by atoms with E-state index in [1.807, 2.05) is 25.1 Å². The first-order valence-corrected chi connectivity index (χ1v) is 6.42. The second kappa shape index (κ2) is 4.84. The van der Waals surface area contributed by atoms with Crippen molar-refractivity contribution in [2.24, 2.45) is 0 Å². The third-order valence-corrected chi connectivity index (χ3v) is 3.22. The van der Waals surface area contributed by atoms with Gasteiger partial charge < -0.3 is 9.84 Å². The van der Waals surface area contributed by atoms with E-state index in [-0.39, 0.29) is 11.9 Å². The number of hydrogen-bond donors (Lipinski definition) is 1. The minimum Gasteiger partial charge on any atom is -0.360 e. The van der Waals surface area contributed by atoms with Crippen molar-refractivity contribution >= 4 is 5.91 Å². The van der Waals surface area contributed by atoms with Gasteiger partial charge in [0, 0.05) is 18.2 Å². The molecule has 1 saturated carbocycles. The molecule has 19 heavy (non-hydrogen) atoms. The molecule has 0 aliphatic heterocycles. The second-order valence-electron chi connectivity index (χ2n) is 4.84. The van der Waals surface area contributed by atoms with Crippen molar-refractivity contribution in [3.05, 3.63) is 47.6 Å². The van der Waals surface area contributed by atoms with Crippen LogP contribution in [0.25, 0.3) is 0 Å². The minimum atomic E-state index is -0.228. The molecule has 1 unspecified atom stereocenters. The van der Waals surface area contributed by atoms with E-state index in [1.54, 1.807) is 12.3 Å². The number of carbonyl (C=O) groups is 1. The van der Waals surface area contributed by atoms with Gasteiger partial charge in [0.05, 0.1) is 11.7 Å². The molecule has 0 bridgehead atoms. The molecule has 5 nitrogen and oxygen atoms in total. The van der Waals surface area contributed by atoms with Crippen LogP contribution in [0.2, 0.25) is 0 Å². The molecule has 0 saturated heterocycles. The molecular weight excluding hydrogens is 242 g/mol. The molecule has 0 aromatic carbocycles. The van der Waals surface area contributed by atoms with Gasteiger partial charge in [-0.05, 0) is 31.9 Å². The molecule has 2 heterocycles. The Balaban J connectivity index is 1.66. The molecular formula is C14H15N3O2. The Bertz CT molecular complexity index is 575. The number of hydrogen-bond acceptors (Lipinski definition) is 4. The molecule has 98 valence electrons. The van der Waals surface area contributed by atoms with Crippen molar-refractivity contribution in [3.8, 4) is 0 Å². The predicted octanol–water partition coefficient (Wildman–Crippen LogP) is 2.44. The summed E-state index contributed by atoms with van der Waals surface area (Å²) < 4.78 is 5.17. The largest absolute Gasteiger partial charge is 0.360 e. The summed E-state index contributed by atoms with van der Waals surface area (Å²) in [4.78, 5) is 16.2. The van der Waals surface area contributed by atoms with Crippen LogP contribution in [0.4, 0.5) is 0 Å². The number of rotatable bonds is 4. The average Bonchev–Trinajstić information content (AvgIpc) is 3.17. The maximum atomic E-state index is 12.0. The van der Waals surface area contributed by atoms with E-state index in [9.17, 15) is 4.79 Å². The zero-order valence-electron chi connectivity index (χ0n) is 10.7. The van der Waals surface area contributed by atoms with Crippen molar-refractivity contribution in [2.75, 3.05) is 0 Å². The van der Waals surface area contributed by atoms with Crippen LogP contribution in [0.5, 0.6) is 0 Å². The third kappa shape index (κ3) is 2.65. The predicted molar refractivity (Wildman–Crippen MR) is 68.6 cm³/mol. The molecule has 3 rings (SSSR count). The molecule has 1 fully saturated rings. The van der Waals surface area contributed by atoms with E-state index in [0.29, 0.717) is 11.6 Å². The lowest BCUT2D eigenvalue weighted by atomic mass is 10.2. The fraction of sp³-hybridized carbons (Fsp3) is 0.357. The Labute approximate surface area is 111 Å².